The van der Waals surface area contributed by atoms with Crippen LogP contribution in [-0.2, 0) is 25.5 Å². The van der Waals surface area contributed by atoms with E-state index in [-0.39, 0.29) is 6.42 Å². The Morgan fingerprint density at radius 2 is 1.90 bits per heavy atom. The van der Waals surface area contributed by atoms with E-state index in [1.54, 1.807) is 24.3 Å². The molecule has 0 amide bonds. The van der Waals surface area contributed by atoms with Gasteiger partial charge in [0, 0.05) is 13.5 Å². The molecule has 1 atom stereocenters. The number of nitrogens with zero attached hydrogens (tertiary/aromatic N) is 2. The molecule has 0 aliphatic heterocycles. The largest absolute Gasteiger partial charge is 0.492 e. The average Bonchev–Trinajstić information content (AvgIpc) is 3.21. The number of esters is 1. The molecule has 1 N–H and O–H groups in total. The number of carbonyl (C=O) groups excluding carboxylic acids is 1. The highest BCUT2D eigenvalue weighted by Crippen LogP contribution is 2.21. The highest BCUT2D eigenvalue weighted by molar-refractivity contribution is 5.76. The lowest BCUT2D eigenvalue weighted by Gasteiger charge is -2.16. The minimum atomic E-state index is -1.15. The van der Waals surface area contributed by atoms with Crippen LogP contribution >= 0.6 is 0 Å². The summed E-state index contributed by atoms with van der Waals surface area (Å²) in [5.74, 6) is -1.11. The summed E-state index contributed by atoms with van der Waals surface area (Å²) in [4.78, 5) is 28.8. The van der Waals surface area contributed by atoms with Crippen LogP contribution in [0.1, 0.15) is 5.56 Å². The molecular formula is C22H24N2O7. The fraction of sp³-hybridized carbons (Fsp3) is 0.318. The predicted molar refractivity (Wildman–Crippen MR) is 112 cm³/mol. The van der Waals surface area contributed by atoms with Gasteiger partial charge in [0.2, 0.25) is 0 Å². The van der Waals surface area contributed by atoms with Crippen LogP contribution in [0.4, 0.5) is 6.01 Å². The summed E-state index contributed by atoms with van der Waals surface area (Å²) < 4.78 is 21.3. The molecule has 3 aromatic rings. The zero-order valence-corrected chi connectivity index (χ0v) is 17.3. The molecule has 3 rings (SSSR count). The van der Waals surface area contributed by atoms with Crippen LogP contribution in [0.15, 0.2) is 52.9 Å². The summed E-state index contributed by atoms with van der Waals surface area (Å²) in [6.07, 6.45) is -0.793. The number of likely N-dealkylation sites (N-methyl/N-ethyl adjacent to an activating group) is 1. The Morgan fingerprint density at radius 1 is 1.16 bits per heavy atom. The van der Waals surface area contributed by atoms with Crippen molar-refractivity contribution in [2.24, 2.45) is 0 Å². The van der Waals surface area contributed by atoms with E-state index >= 15 is 0 Å². The molecular weight excluding hydrogens is 404 g/mol. The van der Waals surface area contributed by atoms with Crippen molar-refractivity contribution >= 4 is 29.1 Å². The number of methoxy groups -OCH3 is 1. The second kappa shape index (κ2) is 10.4. The first-order valence-corrected chi connectivity index (χ1v) is 9.66. The number of anilines is 1. The molecule has 9 nitrogen and oxygen atoms in total. The van der Waals surface area contributed by atoms with Gasteiger partial charge >= 0.3 is 11.9 Å². The highest BCUT2D eigenvalue weighted by Gasteiger charge is 2.21. The van der Waals surface area contributed by atoms with Crippen molar-refractivity contribution in [1.82, 2.24) is 4.98 Å². The smallest absolute Gasteiger partial charge is 0.335 e. The number of carbonyl (C=O) groups is 2. The number of para-hydroxylation sites is 2. The van der Waals surface area contributed by atoms with Gasteiger partial charge in [0.1, 0.15) is 24.5 Å². The Bertz CT molecular complexity index is 983. The average molecular weight is 428 g/mol. The molecule has 2 aromatic carbocycles. The fourth-order valence-electron chi connectivity index (χ4n) is 2.87. The van der Waals surface area contributed by atoms with E-state index < -0.39 is 24.6 Å². The topological polar surface area (TPSA) is 111 Å². The number of carboxylic acids is 1. The summed E-state index contributed by atoms with van der Waals surface area (Å²) in [5.41, 5.74) is 2.33. The Balaban J connectivity index is 1.50. The first-order valence-electron chi connectivity index (χ1n) is 9.66. The van der Waals surface area contributed by atoms with E-state index in [0.717, 1.165) is 16.7 Å². The van der Waals surface area contributed by atoms with Crippen molar-refractivity contribution in [3.8, 4) is 5.75 Å². The van der Waals surface area contributed by atoms with Crippen molar-refractivity contribution in [3.05, 3.63) is 54.1 Å². The predicted octanol–water partition coefficient (Wildman–Crippen LogP) is 2.53. The van der Waals surface area contributed by atoms with Crippen LogP contribution in [0.3, 0.4) is 0 Å². The number of aromatic nitrogens is 1. The molecule has 0 spiro atoms. The second-order valence-corrected chi connectivity index (χ2v) is 6.80. The van der Waals surface area contributed by atoms with Gasteiger partial charge in [0.25, 0.3) is 6.01 Å². The second-order valence-electron chi connectivity index (χ2n) is 6.80. The van der Waals surface area contributed by atoms with Gasteiger partial charge in [-0.3, -0.25) is 0 Å². The number of fused-ring (bicyclic) bond motifs is 1. The lowest BCUT2D eigenvalue weighted by molar-refractivity contribution is -0.158. The fourth-order valence-corrected chi connectivity index (χ4v) is 2.87. The molecule has 0 radical (unpaired) electrons. The van der Waals surface area contributed by atoms with Crippen molar-refractivity contribution < 1.29 is 33.3 Å². The number of hydrogen-bond acceptors (Lipinski definition) is 8. The maximum absolute atomic E-state index is 11.8. The van der Waals surface area contributed by atoms with Crippen molar-refractivity contribution in [1.29, 1.82) is 0 Å². The quantitative estimate of drug-likeness (QED) is 0.461. The number of hydrogen-bond donors (Lipinski definition) is 1. The summed E-state index contributed by atoms with van der Waals surface area (Å²) in [6, 6.07) is 15.2. The molecule has 1 aromatic heterocycles. The minimum Gasteiger partial charge on any atom is -0.492 e. The number of oxazole rings is 1. The molecule has 0 aliphatic carbocycles. The van der Waals surface area contributed by atoms with Crippen LogP contribution in [-0.4, -0.2) is 62.0 Å². The van der Waals surface area contributed by atoms with Gasteiger partial charge < -0.3 is 28.6 Å². The maximum Gasteiger partial charge on any atom is 0.335 e. The SMILES string of the molecule is COC(=O)C(Cc1ccc(OCCN(C)c2nc3ccccc3o2)cc1)OCC(=O)O. The van der Waals surface area contributed by atoms with E-state index in [9.17, 15) is 9.59 Å². The molecule has 0 saturated carbocycles. The Hall–Kier alpha value is -3.59. The van der Waals surface area contributed by atoms with Crippen LogP contribution in [0, 0.1) is 0 Å². The summed E-state index contributed by atoms with van der Waals surface area (Å²) >= 11 is 0. The highest BCUT2D eigenvalue weighted by atomic mass is 16.6. The lowest BCUT2D eigenvalue weighted by atomic mass is 10.1. The van der Waals surface area contributed by atoms with Gasteiger partial charge in [-0.15, -0.1) is 0 Å². The molecule has 0 saturated heterocycles. The van der Waals surface area contributed by atoms with Gasteiger partial charge in [0.15, 0.2) is 11.7 Å². The van der Waals surface area contributed by atoms with Crippen LogP contribution in [0.5, 0.6) is 5.75 Å². The van der Waals surface area contributed by atoms with Crippen molar-refractivity contribution in [2.75, 3.05) is 38.8 Å². The Labute approximate surface area is 179 Å². The Morgan fingerprint density at radius 3 is 2.58 bits per heavy atom. The first kappa shape index (κ1) is 22.1. The molecule has 0 bridgehead atoms. The van der Waals surface area contributed by atoms with Gasteiger partial charge in [-0.1, -0.05) is 24.3 Å². The third-order valence-electron chi connectivity index (χ3n) is 4.52. The Kier molecular flexibility index (Phi) is 7.45. The molecule has 164 valence electrons. The van der Waals surface area contributed by atoms with E-state index in [1.807, 2.05) is 36.2 Å². The van der Waals surface area contributed by atoms with Crippen LogP contribution in [0.25, 0.3) is 11.1 Å². The number of carboxylic acid groups (broad SMARTS) is 1. The van der Waals surface area contributed by atoms with Crippen LogP contribution in [0.2, 0.25) is 0 Å². The number of aliphatic carboxylic acids is 1. The van der Waals surface area contributed by atoms with E-state index in [0.29, 0.717) is 24.9 Å². The van der Waals surface area contributed by atoms with Gasteiger partial charge in [-0.25, -0.2) is 9.59 Å². The van der Waals surface area contributed by atoms with Crippen molar-refractivity contribution in [2.45, 2.75) is 12.5 Å². The zero-order chi connectivity index (χ0) is 22.2. The zero-order valence-electron chi connectivity index (χ0n) is 17.3. The molecule has 1 heterocycles. The monoisotopic (exact) mass is 428 g/mol. The van der Waals surface area contributed by atoms with Gasteiger partial charge in [-0.2, -0.15) is 4.98 Å². The summed E-state index contributed by atoms with van der Waals surface area (Å²) in [6.45, 7) is 0.414. The third-order valence-corrected chi connectivity index (χ3v) is 4.52. The molecule has 1 unspecified atom stereocenters. The van der Waals surface area contributed by atoms with E-state index in [1.165, 1.54) is 7.11 Å². The van der Waals surface area contributed by atoms with E-state index in [2.05, 4.69) is 9.72 Å². The lowest BCUT2D eigenvalue weighted by Crippen LogP contribution is -2.30. The maximum atomic E-state index is 11.8. The number of benzene rings is 2. The van der Waals surface area contributed by atoms with E-state index in [4.69, 9.17) is 19.0 Å². The standard InChI is InChI=1S/C22H24N2O7/c1-24(22-23-17-5-3-4-6-18(17)31-22)11-12-29-16-9-7-15(8-10-16)13-19(21(27)28-2)30-14-20(25)26/h3-10,19H,11-14H2,1-2H3,(H,25,26). The third kappa shape index (κ3) is 6.19. The molecule has 9 heteroatoms. The first-order chi connectivity index (χ1) is 15.0. The van der Waals surface area contributed by atoms with Crippen molar-refractivity contribution in [3.63, 3.8) is 0 Å². The van der Waals surface area contributed by atoms with Gasteiger partial charge in [-0.05, 0) is 29.8 Å². The summed E-state index contributed by atoms with van der Waals surface area (Å²) in [7, 11) is 3.11. The molecule has 0 aliphatic rings. The molecule has 0 fully saturated rings. The van der Waals surface area contributed by atoms with Gasteiger partial charge in [0.05, 0.1) is 13.7 Å². The number of rotatable bonds is 11. The summed E-state index contributed by atoms with van der Waals surface area (Å²) in [5, 5.41) is 8.74. The normalized spacial score (nSPS) is 11.8. The number of ether oxygens (including phenoxy) is 3. The molecule has 31 heavy (non-hydrogen) atoms. The minimum absolute atomic E-state index is 0.195. The van der Waals surface area contributed by atoms with Crippen LogP contribution < -0.4 is 9.64 Å².